The van der Waals surface area contributed by atoms with E-state index in [2.05, 4.69) is 0 Å². The number of nitrogens with two attached hydrogens (primary N) is 1. The first-order chi connectivity index (χ1) is 9.88. The van der Waals surface area contributed by atoms with Crippen LogP contribution in [0.3, 0.4) is 0 Å². The first kappa shape index (κ1) is 14.6. The number of benzene rings is 2. The van der Waals surface area contributed by atoms with Gasteiger partial charge in [0.15, 0.2) is 11.6 Å². The van der Waals surface area contributed by atoms with Crippen molar-refractivity contribution >= 4 is 17.5 Å². The van der Waals surface area contributed by atoms with Gasteiger partial charge in [0.2, 0.25) is 0 Å². The third-order valence-electron chi connectivity index (χ3n) is 2.97. The average molecular weight is 290 g/mol. The number of ether oxygens (including phenoxy) is 1. The van der Waals surface area contributed by atoms with Crippen LogP contribution in [0.2, 0.25) is 0 Å². The third kappa shape index (κ3) is 3.22. The largest absolute Gasteiger partial charge is 0.465 e. The Bertz CT molecular complexity index is 689. The van der Waals surface area contributed by atoms with E-state index in [0.717, 1.165) is 10.5 Å². The Labute approximate surface area is 121 Å². The molecule has 0 aliphatic rings. The van der Waals surface area contributed by atoms with Gasteiger partial charge in [-0.05, 0) is 36.8 Å². The fourth-order valence-electron chi connectivity index (χ4n) is 1.80. The SMILES string of the molecule is Cc1ccc(Oc2ccc(N)c(N(C)C(=O)O)c2)c(F)c1. The molecule has 0 spiro atoms. The first-order valence-corrected chi connectivity index (χ1v) is 6.18. The molecule has 0 saturated carbocycles. The molecule has 1 amide bonds. The molecule has 0 aliphatic heterocycles. The zero-order valence-electron chi connectivity index (χ0n) is 11.6. The summed E-state index contributed by atoms with van der Waals surface area (Å²) in [6, 6.07) is 9.10. The van der Waals surface area contributed by atoms with Gasteiger partial charge in [-0.15, -0.1) is 0 Å². The molecule has 0 saturated heterocycles. The van der Waals surface area contributed by atoms with Gasteiger partial charge in [-0.3, -0.25) is 4.90 Å². The molecule has 3 N–H and O–H groups in total. The Hall–Kier alpha value is -2.76. The van der Waals surface area contributed by atoms with Gasteiger partial charge in [-0.1, -0.05) is 6.07 Å². The normalized spacial score (nSPS) is 10.2. The van der Waals surface area contributed by atoms with E-state index in [1.165, 1.54) is 31.3 Å². The van der Waals surface area contributed by atoms with E-state index >= 15 is 0 Å². The zero-order valence-corrected chi connectivity index (χ0v) is 11.6. The van der Waals surface area contributed by atoms with Crippen molar-refractivity contribution in [3.05, 3.63) is 47.8 Å². The van der Waals surface area contributed by atoms with Crippen LogP contribution in [0.1, 0.15) is 5.56 Å². The lowest BCUT2D eigenvalue weighted by atomic mass is 10.2. The smallest absolute Gasteiger partial charge is 0.411 e. The number of rotatable bonds is 3. The Morgan fingerprint density at radius 3 is 2.62 bits per heavy atom. The lowest BCUT2D eigenvalue weighted by Crippen LogP contribution is -2.24. The predicted molar refractivity (Wildman–Crippen MR) is 78.5 cm³/mol. The zero-order chi connectivity index (χ0) is 15.6. The van der Waals surface area contributed by atoms with Gasteiger partial charge < -0.3 is 15.6 Å². The minimum atomic E-state index is -1.15. The molecule has 5 nitrogen and oxygen atoms in total. The molecular formula is C15H15FN2O3. The van der Waals surface area contributed by atoms with Gasteiger partial charge in [-0.2, -0.15) is 0 Å². The molecule has 0 radical (unpaired) electrons. The minimum Gasteiger partial charge on any atom is -0.465 e. The topological polar surface area (TPSA) is 75.8 Å². The van der Waals surface area contributed by atoms with Gasteiger partial charge in [0.1, 0.15) is 5.75 Å². The second-order valence-corrected chi connectivity index (χ2v) is 4.60. The number of anilines is 2. The molecule has 110 valence electrons. The number of nitrogen functional groups attached to an aromatic ring is 1. The molecule has 0 atom stereocenters. The van der Waals surface area contributed by atoms with Crippen molar-refractivity contribution in [3.8, 4) is 11.5 Å². The number of hydrogen-bond acceptors (Lipinski definition) is 3. The summed E-state index contributed by atoms with van der Waals surface area (Å²) in [5, 5.41) is 8.98. The van der Waals surface area contributed by atoms with E-state index in [-0.39, 0.29) is 17.1 Å². The Morgan fingerprint density at radius 2 is 2.00 bits per heavy atom. The maximum Gasteiger partial charge on any atom is 0.411 e. The molecule has 0 fully saturated rings. The van der Waals surface area contributed by atoms with Gasteiger partial charge in [0, 0.05) is 13.1 Å². The molecule has 6 heteroatoms. The van der Waals surface area contributed by atoms with E-state index in [1.54, 1.807) is 19.1 Å². The molecule has 2 aromatic carbocycles. The molecular weight excluding hydrogens is 275 g/mol. The summed E-state index contributed by atoms with van der Waals surface area (Å²) in [5.74, 6) is -0.121. The van der Waals surface area contributed by atoms with E-state index in [1.807, 2.05) is 0 Å². The monoisotopic (exact) mass is 290 g/mol. The van der Waals surface area contributed by atoms with Gasteiger partial charge >= 0.3 is 6.09 Å². The van der Waals surface area contributed by atoms with Crippen LogP contribution in [0.4, 0.5) is 20.6 Å². The van der Waals surface area contributed by atoms with Gasteiger partial charge in [0.05, 0.1) is 11.4 Å². The third-order valence-corrected chi connectivity index (χ3v) is 2.97. The van der Waals surface area contributed by atoms with Gasteiger partial charge in [0.25, 0.3) is 0 Å². The standard InChI is InChI=1S/C15H15FN2O3/c1-9-3-6-14(11(16)7-9)21-10-4-5-12(17)13(8-10)18(2)15(19)20/h3-8H,17H2,1-2H3,(H,19,20). The second-order valence-electron chi connectivity index (χ2n) is 4.60. The lowest BCUT2D eigenvalue weighted by molar-refractivity contribution is 0.203. The number of hydrogen-bond donors (Lipinski definition) is 2. The predicted octanol–water partition coefficient (Wildman–Crippen LogP) is 3.62. The van der Waals surface area contributed by atoms with E-state index in [9.17, 15) is 9.18 Å². The van der Waals surface area contributed by atoms with Crippen LogP contribution >= 0.6 is 0 Å². The Morgan fingerprint density at radius 1 is 1.29 bits per heavy atom. The average Bonchev–Trinajstić information content (AvgIpc) is 2.43. The number of amides is 1. The summed E-state index contributed by atoms with van der Waals surface area (Å²) in [7, 11) is 1.37. The summed E-state index contributed by atoms with van der Waals surface area (Å²) >= 11 is 0. The number of halogens is 1. The number of carboxylic acid groups (broad SMARTS) is 1. The molecule has 0 heterocycles. The summed E-state index contributed by atoms with van der Waals surface area (Å²) in [6.07, 6.45) is -1.15. The highest BCUT2D eigenvalue weighted by atomic mass is 19.1. The minimum absolute atomic E-state index is 0.0642. The molecule has 0 unspecified atom stereocenters. The molecule has 21 heavy (non-hydrogen) atoms. The molecule has 0 aromatic heterocycles. The van der Waals surface area contributed by atoms with Gasteiger partial charge in [-0.25, -0.2) is 9.18 Å². The van der Waals surface area contributed by atoms with Crippen LogP contribution in [0.5, 0.6) is 11.5 Å². The highest BCUT2D eigenvalue weighted by Gasteiger charge is 2.14. The highest BCUT2D eigenvalue weighted by Crippen LogP contribution is 2.31. The highest BCUT2D eigenvalue weighted by molar-refractivity contribution is 5.90. The van der Waals surface area contributed by atoms with Crippen molar-refractivity contribution in [1.82, 2.24) is 0 Å². The quantitative estimate of drug-likeness (QED) is 0.846. The van der Waals surface area contributed by atoms with E-state index in [4.69, 9.17) is 15.6 Å². The van der Waals surface area contributed by atoms with Crippen LogP contribution in [0.15, 0.2) is 36.4 Å². The molecule has 2 rings (SSSR count). The van der Waals surface area contributed by atoms with Crippen LogP contribution in [-0.4, -0.2) is 18.2 Å². The molecule has 2 aromatic rings. The van der Waals surface area contributed by atoms with Crippen LogP contribution in [0.25, 0.3) is 0 Å². The Kier molecular flexibility index (Phi) is 3.98. The fraction of sp³-hybridized carbons (Fsp3) is 0.133. The van der Waals surface area contributed by atoms with Crippen molar-refractivity contribution < 1.29 is 19.0 Å². The van der Waals surface area contributed by atoms with Crippen LogP contribution in [0, 0.1) is 12.7 Å². The number of aryl methyl sites for hydroxylation is 1. The van der Waals surface area contributed by atoms with Crippen LogP contribution < -0.4 is 15.4 Å². The first-order valence-electron chi connectivity index (χ1n) is 6.18. The van der Waals surface area contributed by atoms with Crippen LogP contribution in [-0.2, 0) is 0 Å². The summed E-state index contributed by atoms with van der Waals surface area (Å²) in [5.41, 5.74) is 7.08. The summed E-state index contributed by atoms with van der Waals surface area (Å²) in [4.78, 5) is 11.9. The second kappa shape index (κ2) is 5.70. The van der Waals surface area contributed by atoms with Crippen molar-refractivity contribution in [2.45, 2.75) is 6.92 Å². The maximum atomic E-state index is 13.7. The molecule has 0 aliphatic carbocycles. The van der Waals surface area contributed by atoms with Crippen molar-refractivity contribution in [2.24, 2.45) is 0 Å². The Balaban J connectivity index is 2.33. The lowest BCUT2D eigenvalue weighted by Gasteiger charge is -2.17. The number of carbonyl (C=O) groups is 1. The molecule has 0 bridgehead atoms. The summed E-state index contributed by atoms with van der Waals surface area (Å²) in [6.45, 7) is 1.77. The van der Waals surface area contributed by atoms with Crippen molar-refractivity contribution in [3.63, 3.8) is 0 Å². The fourth-order valence-corrected chi connectivity index (χ4v) is 1.80. The maximum absolute atomic E-state index is 13.7. The van der Waals surface area contributed by atoms with Crippen molar-refractivity contribution in [2.75, 3.05) is 17.7 Å². The summed E-state index contributed by atoms with van der Waals surface area (Å²) < 4.78 is 19.2. The van der Waals surface area contributed by atoms with E-state index < -0.39 is 11.9 Å². The van der Waals surface area contributed by atoms with Crippen molar-refractivity contribution in [1.29, 1.82) is 0 Å². The number of nitrogens with zero attached hydrogens (tertiary/aromatic N) is 1. The van der Waals surface area contributed by atoms with E-state index in [0.29, 0.717) is 5.75 Å².